The molecule has 1 aromatic carbocycles. The van der Waals surface area contributed by atoms with Crippen LogP contribution in [0.25, 0.3) is 0 Å². The summed E-state index contributed by atoms with van der Waals surface area (Å²) in [6.45, 7) is 2.27. The first-order chi connectivity index (χ1) is 6.99. The molecule has 84 valence electrons. The van der Waals surface area contributed by atoms with Crippen LogP contribution >= 0.6 is 0 Å². The quantitative estimate of drug-likeness (QED) is 0.757. The Labute approximate surface area is 87.3 Å². The van der Waals surface area contributed by atoms with Crippen molar-refractivity contribution in [1.29, 1.82) is 0 Å². The Hall–Kier alpha value is -1.19. The molecule has 4 heteroatoms. The normalized spacial score (nSPS) is 11.5. The van der Waals surface area contributed by atoms with Crippen molar-refractivity contribution in [2.75, 3.05) is 11.9 Å². The molecule has 0 bridgehead atoms. The van der Waals surface area contributed by atoms with Crippen LogP contribution in [0.1, 0.15) is 18.4 Å². The van der Waals surface area contributed by atoms with Crippen LogP contribution in [0.4, 0.5) is 18.9 Å². The van der Waals surface area contributed by atoms with Gasteiger partial charge >= 0.3 is 6.18 Å². The zero-order chi connectivity index (χ0) is 11.3. The van der Waals surface area contributed by atoms with Crippen molar-refractivity contribution in [1.82, 2.24) is 0 Å². The highest BCUT2D eigenvalue weighted by atomic mass is 19.4. The molecule has 0 saturated carbocycles. The lowest BCUT2D eigenvalue weighted by Crippen LogP contribution is -2.11. The van der Waals surface area contributed by atoms with Crippen molar-refractivity contribution >= 4 is 5.69 Å². The minimum Gasteiger partial charge on any atom is -0.385 e. The van der Waals surface area contributed by atoms with Crippen molar-refractivity contribution in [2.45, 2.75) is 25.9 Å². The number of rotatable bonds is 4. The molecule has 0 unspecified atom stereocenters. The number of benzene rings is 1. The summed E-state index contributed by atoms with van der Waals surface area (Å²) in [6.07, 6.45) is -4.67. The molecule has 0 aromatic heterocycles. The van der Waals surface area contributed by atoms with E-state index in [4.69, 9.17) is 0 Å². The van der Waals surface area contributed by atoms with Crippen LogP contribution in [0.5, 0.6) is 0 Å². The second kappa shape index (κ2) is 5.05. The number of anilines is 1. The van der Waals surface area contributed by atoms with E-state index in [9.17, 15) is 13.2 Å². The smallest absolute Gasteiger partial charge is 0.385 e. The van der Waals surface area contributed by atoms with Crippen LogP contribution in [0.2, 0.25) is 0 Å². The van der Waals surface area contributed by atoms with Crippen molar-refractivity contribution in [3.63, 3.8) is 0 Å². The Morgan fingerprint density at radius 3 is 2.47 bits per heavy atom. The summed E-state index contributed by atoms with van der Waals surface area (Å²) in [5.41, 5.74) is 1.95. The molecule has 1 N–H and O–H groups in total. The van der Waals surface area contributed by atoms with Gasteiger partial charge in [-0.15, -0.1) is 0 Å². The van der Waals surface area contributed by atoms with E-state index in [2.05, 4.69) is 5.32 Å². The summed E-state index contributed by atoms with van der Waals surface area (Å²) in [7, 11) is 0. The molecule has 0 spiro atoms. The van der Waals surface area contributed by atoms with E-state index in [-0.39, 0.29) is 6.42 Å². The van der Waals surface area contributed by atoms with Gasteiger partial charge in [0.2, 0.25) is 0 Å². The molecule has 1 nitrogen and oxygen atoms in total. The Bertz CT molecular complexity index is 307. The third-order valence-corrected chi connectivity index (χ3v) is 2.10. The van der Waals surface area contributed by atoms with Crippen LogP contribution in [-0.2, 0) is 0 Å². The van der Waals surface area contributed by atoms with Gasteiger partial charge in [0.25, 0.3) is 0 Å². The number of halogens is 3. The zero-order valence-electron chi connectivity index (χ0n) is 8.56. The Balaban J connectivity index is 2.30. The summed E-state index contributed by atoms with van der Waals surface area (Å²) in [5, 5.41) is 2.99. The molecule has 0 heterocycles. The zero-order valence-corrected chi connectivity index (χ0v) is 8.56. The Kier molecular flexibility index (Phi) is 4.00. The Morgan fingerprint density at radius 2 is 1.87 bits per heavy atom. The van der Waals surface area contributed by atoms with Gasteiger partial charge in [-0.3, -0.25) is 0 Å². The van der Waals surface area contributed by atoms with Gasteiger partial charge in [-0.1, -0.05) is 18.2 Å². The highest BCUT2D eigenvalue weighted by Gasteiger charge is 2.25. The average molecular weight is 217 g/mol. The van der Waals surface area contributed by atoms with Crippen molar-refractivity contribution in [2.24, 2.45) is 0 Å². The molecule has 0 aliphatic heterocycles. The van der Waals surface area contributed by atoms with Crippen molar-refractivity contribution in [3.8, 4) is 0 Å². The van der Waals surface area contributed by atoms with Crippen LogP contribution in [0, 0.1) is 6.92 Å². The lowest BCUT2D eigenvalue weighted by Gasteiger charge is -2.10. The highest BCUT2D eigenvalue weighted by molar-refractivity contribution is 5.49. The molecule has 0 radical (unpaired) electrons. The van der Waals surface area contributed by atoms with Gasteiger partial charge in [-0.2, -0.15) is 13.2 Å². The molecular weight excluding hydrogens is 203 g/mol. The van der Waals surface area contributed by atoms with E-state index < -0.39 is 12.6 Å². The van der Waals surface area contributed by atoms with Crippen LogP contribution in [0.15, 0.2) is 24.3 Å². The predicted molar refractivity (Wildman–Crippen MR) is 55.0 cm³/mol. The third kappa shape index (κ3) is 4.72. The maximum absolute atomic E-state index is 11.8. The summed E-state index contributed by atoms with van der Waals surface area (Å²) < 4.78 is 35.5. The topological polar surface area (TPSA) is 12.0 Å². The number of hydrogen-bond donors (Lipinski definition) is 1. The summed E-state index contributed by atoms with van der Waals surface area (Å²) in [5.74, 6) is 0. The fraction of sp³-hybridized carbons (Fsp3) is 0.455. The van der Waals surface area contributed by atoms with E-state index in [0.717, 1.165) is 11.3 Å². The van der Waals surface area contributed by atoms with Crippen LogP contribution in [0.3, 0.4) is 0 Å². The molecule has 0 atom stereocenters. The first-order valence-corrected chi connectivity index (χ1v) is 4.85. The highest BCUT2D eigenvalue weighted by Crippen LogP contribution is 2.21. The van der Waals surface area contributed by atoms with Gasteiger partial charge in [-0.25, -0.2) is 0 Å². The molecule has 0 fully saturated rings. The molecule has 0 amide bonds. The number of alkyl halides is 3. The Morgan fingerprint density at radius 1 is 1.20 bits per heavy atom. The molecule has 1 aromatic rings. The van der Waals surface area contributed by atoms with Crippen LogP contribution < -0.4 is 5.32 Å². The fourth-order valence-corrected chi connectivity index (χ4v) is 1.28. The monoisotopic (exact) mass is 217 g/mol. The SMILES string of the molecule is Cc1ccccc1NCCCC(F)(F)F. The van der Waals surface area contributed by atoms with Gasteiger partial charge < -0.3 is 5.32 Å². The third-order valence-electron chi connectivity index (χ3n) is 2.10. The lowest BCUT2D eigenvalue weighted by molar-refractivity contribution is -0.134. The maximum atomic E-state index is 11.8. The number of nitrogens with one attached hydrogen (secondary N) is 1. The van der Waals surface area contributed by atoms with E-state index in [1.165, 1.54) is 0 Å². The van der Waals surface area contributed by atoms with Crippen molar-refractivity contribution < 1.29 is 13.2 Å². The van der Waals surface area contributed by atoms with Crippen LogP contribution in [-0.4, -0.2) is 12.7 Å². The molecule has 15 heavy (non-hydrogen) atoms. The molecular formula is C11H14F3N. The second-order valence-corrected chi connectivity index (χ2v) is 3.46. The molecule has 0 saturated heterocycles. The number of hydrogen-bond acceptors (Lipinski definition) is 1. The van der Waals surface area contributed by atoms with E-state index in [0.29, 0.717) is 6.54 Å². The maximum Gasteiger partial charge on any atom is 0.389 e. The summed E-state index contributed by atoms with van der Waals surface area (Å²) in [4.78, 5) is 0. The largest absolute Gasteiger partial charge is 0.389 e. The van der Waals surface area contributed by atoms with Gasteiger partial charge in [-0.05, 0) is 25.0 Å². The van der Waals surface area contributed by atoms with Gasteiger partial charge in [0.15, 0.2) is 0 Å². The van der Waals surface area contributed by atoms with Gasteiger partial charge in [0, 0.05) is 18.7 Å². The molecule has 0 aliphatic carbocycles. The standard InChI is InChI=1S/C11H14F3N/c1-9-5-2-3-6-10(9)15-8-4-7-11(12,13)14/h2-3,5-6,15H,4,7-8H2,1H3. The van der Waals surface area contributed by atoms with Gasteiger partial charge in [0.1, 0.15) is 0 Å². The number of aryl methyl sites for hydroxylation is 1. The number of para-hydroxylation sites is 1. The fourth-order valence-electron chi connectivity index (χ4n) is 1.28. The first kappa shape index (κ1) is 11.9. The molecule has 0 aliphatic rings. The minimum atomic E-state index is -4.05. The second-order valence-electron chi connectivity index (χ2n) is 3.46. The molecule has 1 rings (SSSR count). The van der Waals surface area contributed by atoms with Crippen molar-refractivity contribution in [3.05, 3.63) is 29.8 Å². The van der Waals surface area contributed by atoms with E-state index in [1.807, 2.05) is 31.2 Å². The summed E-state index contributed by atoms with van der Waals surface area (Å²) >= 11 is 0. The van der Waals surface area contributed by atoms with E-state index in [1.54, 1.807) is 0 Å². The predicted octanol–water partition coefficient (Wildman–Crippen LogP) is 3.75. The lowest BCUT2D eigenvalue weighted by atomic mass is 10.2. The van der Waals surface area contributed by atoms with Gasteiger partial charge in [0.05, 0.1) is 0 Å². The summed E-state index contributed by atoms with van der Waals surface area (Å²) in [6, 6.07) is 7.55. The first-order valence-electron chi connectivity index (χ1n) is 4.85. The average Bonchev–Trinajstić information content (AvgIpc) is 2.13. The minimum absolute atomic E-state index is 0.109. The van der Waals surface area contributed by atoms with E-state index >= 15 is 0 Å².